The number of fused-ring (bicyclic) bond motifs is 3. The predicted octanol–water partition coefficient (Wildman–Crippen LogP) is 6.50. The number of nitrogens with one attached hydrogen (secondary N) is 2. The minimum absolute atomic E-state index is 0.0368. The molecule has 1 aliphatic carbocycles. The molecule has 0 fully saturated rings. The van der Waals surface area contributed by atoms with Crippen LogP contribution in [0, 0.1) is 0 Å². The third kappa shape index (κ3) is 7.03. The van der Waals surface area contributed by atoms with Gasteiger partial charge in [-0.15, -0.1) is 0 Å². The van der Waals surface area contributed by atoms with Crippen LogP contribution in [-0.4, -0.2) is 42.0 Å². The van der Waals surface area contributed by atoms with Crippen LogP contribution in [0.25, 0.3) is 11.1 Å². The molecule has 1 atom stereocenters. The fraction of sp³-hybridized carbons (Fsp3) is 0.222. The van der Waals surface area contributed by atoms with Crippen LogP contribution in [0.15, 0.2) is 103 Å². The molecule has 0 unspecified atom stereocenters. The van der Waals surface area contributed by atoms with Crippen LogP contribution in [0.2, 0.25) is 0 Å². The first-order valence-electron chi connectivity index (χ1n) is 14.4. The Bertz CT molecular complexity index is 1650. The lowest BCUT2D eigenvalue weighted by Gasteiger charge is -2.23. The summed E-state index contributed by atoms with van der Waals surface area (Å²) in [5, 5.41) is 5.27. The van der Waals surface area contributed by atoms with E-state index < -0.39 is 36.0 Å². The molecule has 2 amide bonds. The van der Waals surface area contributed by atoms with E-state index in [1.54, 1.807) is 75.4 Å². The number of alkyl carbamates (subject to hydrolysis) is 1. The molecule has 4 aromatic carbocycles. The van der Waals surface area contributed by atoms with E-state index in [4.69, 9.17) is 9.47 Å². The van der Waals surface area contributed by atoms with Gasteiger partial charge in [0.25, 0.3) is 0 Å². The van der Waals surface area contributed by atoms with Gasteiger partial charge in [-0.1, -0.05) is 91.0 Å². The van der Waals surface area contributed by atoms with Gasteiger partial charge in [0, 0.05) is 17.0 Å². The van der Waals surface area contributed by atoms with Crippen LogP contribution >= 0.6 is 0 Å². The first-order valence-corrected chi connectivity index (χ1v) is 14.4. The summed E-state index contributed by atoms with van der Waals surface area (Å²) in [6.45, 7) is 5.17. The maximum absolute atomic E-state index is 13.5. The number of rotatable bonds is 9. The Morgan fingerprint density at radius 2 is 1.32 bits per heavy atom. The van der Waals surface area contributed by atoms with Gasteiger partial charge >= 0.3 is 12.1 Å². The predicted molar refractivity (Wildman–Crippen MR) is 167 cm³/mol. The maximum Gasteiger partial charge on any atom is 0.407 e. The Kier molecular flexibility index (Phi) is 8.90. The fourth-order valence-corrected chi connectivity index (χ4v) is 5.30. The Hall–Kier alpha value is -5.24. The monoisotopic (exact) mass is 590 g/mol. The average molecular weight is 591 g/mol. The summed E-state index contributed by atoms with van der Waals surface area (Å²) in [4.78, 5) is 52.6. The number of carbonyl (C=O) groups excluding carboxylic acids is 4. The average Bonchev–Trinajstić information content (AvgIpc) is 3.32. The topological polar surface area (TPSA) is 111 Å². The van der Waals surface area contributed by atoms with Crippen LogP contribution in [0.1, 0.15) is 60.2 Å². The highest BCUT2D eigenvalue weighted by molar-refractivity contribution is 6.14. The van der Waals surface area contributed by atoms with E-state index in [1.165, 1.54) is 0 Å². The summed E-state index contributed by atoms with van der Waals surface area (Å²) in [7, 11) is 0. The lowest BCUT2D eigenvalue weighted by atomic mass is 9.98. The molecule has 0 heterocycles. The number of benzene rings is 4. The molecule has 44 heavy (non-hydrogen) atoms. The molecule has 0 bridgehead atoms. The molecular formula is C36H34N2O6. The molecule has 0 radical (unpaired) electrons. The van der Waals surface area contributed by atoms with Crippen molar-refractivity contribution in [3.63, 3.8) is 0 Å². The van der Waals surface area contributed by atoms with Gasteiger partial charge in [-0.3, -0.25) is 14.4 Å². The molecule has 5 rings (SSSR count). The van der Waals surface area contributed by atoms with E-state index in [9.17, 15) is 19.2 Å². The molecule has 2 N–H and O–H groups in total. The summed E-state index contributed by atoms with van der Waals surface area (Å²) in [6.07, 6.45) is -1.30. The number of carbonyl (C=O) groups is 4. The highest BCUT2D eigenvalue weighted by Crippen LogP contribution is 2.44. The van der Waals surface area contributed by atoms with E-state index >= 15 is 0 Å². The van der Waals surface area contributed by atoms with Crippen molar-refractivity contribution in [1.29, 1.82) is 0 Å². The van der Waals surface area contributed by atoms with Gasteiger partial charge < -0.3 is 20.1 Å². The molecule has 0 aliphatic heterocycles. The fourth-order valence-electron chi connectivity index (χ4n) is 5.30. The summed E-state index contributed by atoms with van der Waals surface area (Å²) in [6, 6.07) is 29.8. The molecule has 1 aliphatic rings. The lowest BCUT2D eigenvalue weighted by Crippen LogP contribution is -2.46. The summed E-state index contributed by atoms with van der Waals surface area (Å²) in [5.41, 5.74) is 4.44. The summed E-state index contributed by atoms with van der Waals surface area (Å²) < 4.78 is 11.1. The van der Waals surface area contributed by atoms with Crippen molar-refractivity contribution < 1.29 is 28.7 Å². The summed E-state index contributed by atoms with van der Waals surface area (Å²) >= 11 is 0. The maximum atomic E-state index is 13.5. The van der Waals surface area contributed by atoms with Crippen LogP contribution in [0.5, 0.6) is 0 Å². The standard InChI is InChI=1S/C36H34N2O6/c1-36(2,3)44-32(39)21-31(34(41)37-30-20-12-11-19-28(30)33(40)23-13-5-4-6-14-23)38-35(42)43-22-29-26-17-9-7-15-24(26)25-16-8-10-18-27(25)29/h4-20,29,31H,21-22H2,1-3H3,(H,37,41)(H,38,42)/t31-/m0/s1. The van der Waals surface area contributed by atoms with Crippen molar-refractivity contribution in [2.75, 3.05) is 11.9 Å². The van der Waals surface area contributed by atoms with Gasteiger partial charge in [0.2, 0.25) is 5.91 Å². The molecule has 0 saturated heterocycles. The van der Waals surface area contributed by atoms with Crippen LogP contribution in [-0.2, 0) is 19.1 Å². The molecule has 0 aromatic heterocycles. The van der Waals surface area contributed by atoms with Gasteiger partial charge in [0.05, 0.1) is 12.1 Å². The molecule has 0 saturated carbocycles. The SMILES string of the molecule is CC(C)(C)OC(=O)C[C@H](NC(=O)OCC1c2ccccc2-c2ccccc21)C(=O)Nc1ccccc1C(=O)c1ccccc1. The van der Waals surface area contributed by atoms with Crippen molar-refractivity contribution in [2.24, 2.45) is 0 Å². The Morgan fingerprint density at radius 3 is 1.95 bits per heavy atom. The van der Waals surface area contributed by atoms with Crippen molar-refractivity contribution in [3.8, 4) is 11.1 Å². The number of esters is 1. The normalized spacial score (nSPS) is 12.8. The van der Waals surface area contributed by atoms with Crippen molar-refractivity contribution in [3.05, 3.63) is 125 Å². The second-order valence-electron chi connectivity index (χ2n) is 11.5. The van der Waals surface area contributed by atoms with Crippen molar-refractivity contribution >= 4 is 29.4 Å². The third-order valence-electron chi connectivity index (χ3n) is 7.21. The van der Waals surface area contributed by atoms with Gasteiger partial charge in [0.15, 0.2) is 5.78 Å². The van der Waals surface area contributed by atoms with Gasteiger partial charge in [0.1, 0.15) is 18.2 Å². The largest absolute Gasteiger partial charge is 0.460 e. The first-order chi connectivity index (χ1) is 21.1. The van der Waals surface area contributed by atoms with Crippen molar-refractivity contribution in [2.45, 2.75) is 44.8 Å². The molecule has 8 nitrogen and oxygen atoms in total. The molecule has 0 spiro atoms. The van der Waals surface area contributed by atoms with E-state index in [0.29, 0.717) is 5.56 Å². The van der Waals surface area contributed by atoms with Gasteiger partial charge in [-0.2, -0.15) is 0 Å². The Labute approximate surface area is 256 Å². The van der Waals surface area contributed by atoms with Gasteiger partial charge in [-0.25, -0.2) is 4.79 Å². The number of anilines is 1. The number of para-hydroxylation sites is 1. The zero-order valence-electron chi connectivity index (χ0n) is 24.8. The van der Waals surface area contributed by atoms with Gasteiger partial charge in [-0.05, 0) is 55.2 Å². The van der Waals surface area contributed by atoms with Crippen molar-refractivity contribution in [1.82, 2.24) is 5.32 Å². The zero-order chi connectivity index (χ0) is 31.3. The number of ether oxygens (including phenoxy) is 2. The van der Waals surface area contributed by atoms with Crippen LogP contribution < -0.4 is 10.6 Å². The number of amides is 2. The summed E-state index contributed by atoms with van der Waals surface area (Å²) in [5.74, 6) is -1.83. The molecule has 8 heteroatoms. The van der Waals surface area contributed by atoms with Crippen LogP contribution in [0.4, 0.5) is 10.5 Å². The second kappa shape index (κ2) is 13.0. The Morgan fingerprint density at radius 1 is 0.750 bits per heavy atom. The molecule has 4 aromatic rings. The molecule has 224 valence electrons. The zero-order valence-corrected chi connectivity index (χ0v) is 24.8. The van der Waals surface area contributed by atoms with E-state index in [2.05, 4.69) is 10.6 Å². The minimum Gasteiger partial charge on any atom is -0.460 e. The number of ketones is 1. The quantitative estimate of drug-likeness (QED) is 0.170. The molecular weight excluding hydrogens is 556 g/mol. The number of hydrogen-bond donors (Lipinski definition) is 2. The highest BCUT2D eigenvalue weighted by atomic mass is 16.6. The number of hydrogen-bond acceptors (Lipinski definition) is 6. The third-order valence-corrected chi connectivity index (χ3v) is 7.21. The van der Waals surface area contributed by atoms with Crippen LogP contribution in [0.3, 0.4) is 0 Å². The second-order valence-corrected chi connectivity index (χ2v) is 11.5. The highest BCUT2D eigenvalue weighted by Gasteiger charge is 2.31. The lowest BCUT2D eigenvalue weighted by molar-refractivity contribution is -0.156. The smallest absolute Gasteiger partial charge is 0.407 e. The first kappa shape index (κ1) is 30.2. The van der Waals surface area contributed by atoms with E-state index in [0.717, 1.165) is 22.3 Å². The minimum atomic E-state index is -1.33. The van der Waals surface area contributed by atoms with E-state index in [1.807, 2.05) is 48.5 Å². The Balaban J connectivity index is 1.32. The van der Waals surface area contributed by atoms with E-state index in [-0.39, 0.29) is 29.6 Å².